The molecule has 1 amide bonds. The van der Waals surface area contributed by atoms with E-state index in [1.165, 1.54) is 16.7 Å². The number of aliphatic carboxylic acids is 1. The first-order valence-corrected chi connectivity index (χ1v) is 10.2. The molecule has 0 bridgehead atoms. The molecule has 1 atom stereocenters. The molecule has 2 aliphatic heterocycles. The maximum absolute atomic E-state index is 12.3. The number of likely N-dealkylation sites (tertiary alicyclic amines) is 2. The van der Waals surface area contributed by atoms with Crippen molar-refractivity contribution in [1.29, 1.82) is 0 Å². The van der Waals surface area contributed by atoms with Crippen molar-refractivity contribution in [3.63, 3.8) is 0 Å². The van der Waals surface area contributed by atoms with E-state index in [2.05, 4.69) is 36.9 Å². The summed E-state index contributed by atoms with van der Waals surface area (Å²) in [5, 5.41) is 9.81. The summed E-state index contributed by atoms with van der Waals surface area (Å²) < 4.78 is 0. The van der Waals surface area contributed by atoms with Crippen LogP contribution in [-0.2, 0) is 16.1 Å². The van der Waals surface area contributed by atoms with E-state index in [4.69, 9.17) is 0 Å². The number of hydrogen-bond acceptors (Lipinski definition) is 3. The van der Waals surface area contributed by atoms with E-state index in [0.717, 1.165) is 45.3 Å². The highest BCUT2D eigenvalue weighted by molar-refractivity contribution is 5.81. The predicted octanol–water partition coefficient (Wildman–Crippen LogP) is 2.98. The Kier molecular flexibility index (Phi) is 4.75. The Labute approximate surface area is 161 Å². The van der Waals surface area contributed by atoms with Crippen LogP contribution in [0.4, 0.5) is 0 Å². The van der Waals surface area contributed by atoms with Crippen molar-refractivity contribution < 1.29 is 14.7 Å². The van der Waals surface area contributed by atoms with Gasteiger partial charge in [0, 0.05) is 32.1 Å². The lowest BCUT2D eigenvalue weighted by Gasteiger charge is -2.39. The monoisotopic (exact) mass is 370 g/mol. The van der Waals surface area contributed by atoms with Gasteiger partial charge in [-0.3, -0.25) is 14.5 Å². The van der Waals surface area contributed by atoms with Crippen LogP contribution in [0, 0.1) is 25.2 Å². The Morgan fingerprint density at radius 1 is 1.19 bits per heavy atom. The number of nitrogens with zero attached hydrogens (tertiary/aromatic N) is 2. The molecule has 1 spiro atoms. The van der Waals surface area contributed by atoms with Gasteiger partial charge in [0.1, 0.15) is 6.04 Å². The van der Waals surface area contributed by atoms with E-state index in [0.29, 0.717) is 18.9 Å². The van der Waals surface area contributed by atoms with Crippen LogP contribution in [0.15, 0.2) is 18.2 Å². The number of carbonyl (C=O) groups is 2. The van der Waals surface area contributed by atoms with Crippen LogP contribution in [0.3, 0.4) is 0 Å². The molecular formula is C22H30N2O3. The maximum Gasteiger partial charge on any atom is 0.320 e. The van der Waals surface area contributed by atoms with Crippen molar-refractivity contribution in [2.45, 2.75) is 58.5 Å². The molecule has 1 aliphatic carbocycles. The van der Waals surface area contributed by atoms with Gasteiger partial charge in [0.2, 0.25) is 5.91 Å². The number of rotatable bonds is 4. The van der Waals surface area contributed by atoms with E-state index in [9.17, 15) is 14.7 Å². The molecule has 3 fully saturated rings. The van der Waals surface area contributed by atoms with Gasteiger partial charge >= 0.3 is 5.97 Å². The summed E-state index contributed by atoms with van der Waals surface area (Å²) in [6, 6.07) is 5.98. The van der Waals surface area contributed by atoms with E-state index < -0.39 is 12.0 Å². The Morgan fingerprint density at radius 3 is 2.52 bits per heavy atom. The van der Waals surface area contributed by atoms with Crippen molar-refractivity contribution in [2.75, 3.05) is 19.6 Å². The number of carbonyl (C=O) groups excluding carboxylic acids is 1. The fourth-order valence-electron chi connectivity index (χ4n) is 4.90. The molecule has 2 heterocycles. The van der Waals surface area contributed by atoms with Crippen molar-refractivity contribution >= 4 is 11.9 Å². The fourth-order valence-corrected chi connectivity index (χ4v) is 4.90. The molecule has 5 nitrogen and oxygen atoms in total. The second-order valence-electron chi connectivity index (χ2n) is 8.99. The zero-order chi connectivity index (χ0) is 19.2. The lowest BCUT2D eigenvalue weighted by Crippen LogP contribution is -2.44. The van der Waals surface area contributed by atoms with Crippen LogP contribution >= 0.6 is 0 Å². The molecular weight excluding hydrogens is 340 g/mol. The summed E-state index contributed by atoms with van der Waals surface area (Å²) in [5.74, 6) is -0.117. The predicted molar refractivity (Wildman–Crippen MR) is 103 cm³/mol. The lowest BCUT2D eigenvalue weighted by atomic mass is 9.76. The Bertz CT molecular complexity index is 748. The molecule has 0 radical (unpaired) electrons. The molecule has 27 heavy (non-hydrogen) atoms. The van der Waals surface area contributed by atoms with E-state index in [1.54, 1.807) is 0 Å². The number of amides is 1. The van der Waals surface area contributed by atoms with Gasteiger partial charge in [0.05, 0.1) is 0 Å². The summed E-state index contributed by atoms with van der Waals surface area (Å²) in [7, 11) is 0. The summed E-state index contributed by atoms with van der Waals surface area (Å²) in [6.07, 6.45) is 4.66. The third-order valence-corrected chi connectivity index (χ3v) is 6.83. The average Bonchev–Trinajstić information content (AvgIpc) is 3.42. The standard InChI is InChI=1S/C22H30N2O3/c1-15-3-4-16(2)18(11-15)13-24-14-22(12-19(24)21(26)27)7-9-23(10-8-22)20(25)17-5-6-17/h3-4,11,17,19H,5-10,12-14H2,1-2H3,(H,26,27)/t19-/m0/s1. The van der Waals surface area contributed by atoms with E-state index in [1.807, 2.05) is 4.90 Å². The van der Waals surface area contributed by atoms with Gasteiger partial charge in [0.25, 0.3) is 0 Å². The number of aryl methyl sites for hydroxylation is 2. The van der Waals surface area contributed by atoms with Gasteiger partial charge in [-0.15, -0.1) is 0 Å². The first-order valence-electron chi connectivity index (χ1n) is 10.2. The summed E-state index contributed by atoms with van der Waals surface area (Å²) in [6.45, 7) is 7.27. The summed E-state index contributed by atoms with van der Waals surface area (Å²) in [5.41, 5.74) is 3.69. The van der Waals surface area contributed by atoms with Gasteiger partial charge < -0.3 is 10.0 Å². The number of carboxylic acid groups (broad SMARTS) is 1. The number of hydrogen-bond donors (Lipinski definition) is 1. The Hall–Kier alpha value is -1.88. The molecule has 0 aromatic heterocycles. The number of benzene rings is 1. The van der Waals surface area contributed by atoms with Gasteiger partial charge in [0.15, 0.2) is 0 Å². The second-order valence-corrected chi connectivity index (χ2v) is 8.99. The lowest BCUT2D eigenvalue weighted by molar-refractivity contribution is -0.142. The van der Waals surface area contributed by atoms with Gasteiger partial charge in [-0.2, -0.15) is 0 Å². The molecule has 1 saturated carbocycles. The van der Waals surface area contributed by atoms with Crippen LogP contribution in [-0.4, -0.2) is 52.5 Å². The highest BCUT2D eigenvalue weighted by Crippen LogP contribution is 2.45. The third-order valence-electron chi connectivity index (χ3n) is 6.83. The summed E-state index contributed by atoms with van der Waals surface area (Å²) in [4.78, 5) is 28.5. The summed E-state index contributed by atoms with van der Waals surface area (Å²) >= 11 is 0. The topological polar surface area (TPSA) is 60.9 Å². The minimum atomic E-state index is -0.714. The van der Waals surface area contributed by atoms with Crippen LogP contribution < -0.4 is 0 Å². The first-order chi connectivity index (χ1) is 12.9. The van der Waals surface area contributed by atoms with Crippen LogP contribution in [0.25, 0.3) is 0 Å². The molecule has 1 aromatic carbocycles. The Morgan fingerprint density at radius 2 is 1.89 bits per heavy atom. The van der Waals surface area contributed by atoms with Crippen molar-refractivity contribution in [1.82, 2.24) is 9.80 Å². The van der Waals surface area contributed by atoms with Gasteiger partial charge in [-0.1, -0.05) is 23.8 Å². The molecule has 3 aliphatic rings. The van der Waals surface area contributed by atoms with Crippen LogP contribution in [0.1, 0.15) is 48.8 Å². The molecule has 5 heteroatoms. The molecule has 1 aromatic rings. The number of carboxylic acids is 1. The highest BCUT2D eigenvalue weighted by atomic mass is 16.4. The molecule has 146 valence electrons. The van der Waals surface area contributed by atoms with Crippen molar-refractivity contribution in [3.05, 3.63) is 34.9 Å². The van der Waals surface area contributed by atoms with Crippen molar-refractivity contribution in [2.24, 2.45) is 11.3 Å². The zero-order valence-electron chi connectivity index (χ0n) is 16.4. The molecule has 4 rings (SSSR count). The normalized spacial score (nSPS) is 25.1. The van der Waals surface area contributed by atoms with E-state index in [-0.39, 0.29) is 11.3 Å². The minimum absolute atomic E-state index is 0.0428. The smallest absolute Gasteiger partial charge is 0.320 e. The third kappa shape index (κ3) is 3.75. The quantitative estimate of drug-likeness (QED) is 0.885. The Balaban J connectivity index is 1.46. The maximum atomic E-state index is 12.3. The molecule has 2 saturated heterocycles. The van der Waals surface area contributed by atoms with E-state index >= 15 is 0 Å². The van der Waals surface area contributed by atoms with Gasteiger partial charge in [-0.05, 0) is 62.5 Å². The first kappa shape index (κ1) is 18.5. The SMILES string of the molecule is Cc1ccc(C)c(CN2CC3(CCN(C(=O)C4CC4)CC3)C[C@H]2C(=O)O)c1. The van der Waals surface area contributed by atoms with Crippen LogP contribution in [0.2, 0.25) is 0 Å². The van der Waals surface area contributed by atoms with Crippen molar-refractivity contribution in [3.8, 4) is 0 Å². The van der Waals surface area contributed by atoms with Crippen LogP contribution in [0.5, 0.6) is 0 Å². The second kappa shape index (κ2) is 6.93. The molecule has 0 unspecified atom stereocenters. The fraction of sp³-hybridized carbons (Fsp3) is 0.636. The molecule has 1 N–H and O–H groups in total. The average molecular weight is 370 g/mol. The highest BCUT2D eigenvalue weighted by Gasteiger charge is 2.49. The zero-order valence-corrected chi connectivity index (χ0v) is 16.4. The van der Waals surface area contributed by atoms with Gasteiger partial charge in [-0.25, -0.2) is 0 Å². The largest absolute Gasteiger partial charge is 0.480 e. The minimum Gasteiger partial charge on any atom is -0.480 e. The number of piperidine rings is 1.